The molecule has 25 heavy (non-hydrogen) atoms. The van der Waals surface area contributed by atoms with Crippen molar-refractivity contribution >= 4 is 17.2 Å². The number of aromatic amines is 1. The van der Waals surface area contributed by atoms with Gasteiger partial charge in [-0.2, -0.15) is 5.10 Å². The highest BCUT2D eigenvalue weighted by Gasteiger charge is 2.39. The van der Waals surface area contributed by atoms with E-state index in [1.165, 1.54) is 16.9 Å². The highest BCUT2D eigenvalue weighted by Crippen LogP contribution is 2.35. The van der Waals surface area contributed by atoms with Crippen molar-refractivity contribution in [2.75, 3.05) is 19.7 Å². The molecule has 0 aromatic carbocycles. The van der Waals surface area contributed by atoms with Crippen LogP contribution in [0.15, 0.2) is 11.6 Å². The van der Waals surface area contributed by atoms with Crippen LogP contribution in [0.3, 0.4) is 0 Å². The number of ether oxygens (including phenoxy) is 1. The van der Waals surface area contributed by atoms with E-state index in [1.54, 1.807) is 17.5 Å². The maximum atomic E-state index is 13.2. The smallest absolute Gasteiger partial charge is 0.255 e. The molecule has 0 saturated carbocycles. The Morgan fingerprint density at radius 2 is 2.36 bits per heavy atom. The van der Waals surface area contributed by atoms with Gasteiger partial charge in [-0.25, -0.2) is 0 Å². The molecule has 1 aliphatic carbocycles. The molecular formula is C19H25N3O2S. The summed E-state index contributed by atoms with van der Waals surface area (Å²) >= 11 is 1.75. The third-order valence-electron chi connectivity index (χ3n) is 5.55. The highest BCUT2D eigenvalue weighted by atomic mass is 32.1. The maximum Gasteiger partial charge on any atom is 0.255 e. The first-order chi connectivity index (χ1) is 12.0. The summed E-state index contributed by atoms with van der Waals surface area (Å²) in [6.07, 6.45) is 5.13. The first-order valence-corrected chi connectivity index (χ1v) is 9.89. The molecule has 1 N–H and O–H groups in total. The lowest BCUT2D eigenvalue weighted by Gasteiger charge is -2.40. The number of aromatic nitrogens is 2. The summed E-state index contributed by atoms with van der Waals surface area (Å²) in [5.74, 6) is 0.878. The second kappa shape index (κ2) is 6.25. The molecule has 2 unspecified atom stereocenters. The van der Waals surface area contributed by atoms with E-state index >= 15 is 0 Å². The summed E-state index contributed by atoms with van der Waals surface area (Å²) in [6, 6.07) is 0. The second-order valence-corrected chi connectivity index (χ2v) is 8.60. The average molecular weight is 359 g/mol. The van der Waals surface area contributed by atoms with Crippen molar-refractivity contribution in [3.05, 3.63) is 38.8 Å². The van der Waals surface area contributed by atoms with Gasteiger partial charge in [0.1, 0.15) is 5.60 Å². The van der Waals surface area contributed by atoms with Gasteiger partial charge in [0.05, 0.1) is 30.6 Å². The zero-order valence-corrected chi connectivity index (χ0v) is 15.9. The average Bonchev–Trinajstić information content (AvgIpc) is 3.20. The lowest BCUT2D eigenvalue weighted by atomic mass is 9.88. The van der Waals surface area contributed by atoms with Crippen LogP contribution in [0.5, 0.6) is 0 Å². The van der Waals surface area contributed by atoms with E-state index in [0.717, 1.165) is 35.6 Å². The molecule has 134 valence electrons. The van der Waals surface area contributed by atoms with Crippen LogP contribution in [0.4, 0.5) is 0 Å². The number of amides is 1. The van der Waals surface area contributed by atoms with E-state index in [1.807, 2.05) is 18.7 Å². The molecule has 2 aromatic rings. The summed E-state index contributed by atoms with van der Waals surface area (Å²) < 4.78 is 6.05. The minimum atomic E-state index is -0.529. The van der Waals surface area contributed by atoms with Crippen LogP contribution in [-0.4, -0.2) is 40.7 Å². The highest BCUT2D eigenvalue weighted by molar-refractivity contribution is 7.10. The maximum absolute atomic E-state index is 13.2. The third-order valence-corrected chi connectivity index (χ3v) is 6.60. The number of nitrogens with zero attached hydrogens (tertiary/aromatic N) is 2. The van der Waals surface area contributed by atoms with Gasteiger partial charge in [0, 0.05) is 16.8 Å². The molecule has 0 radical (unpaired) electrons. The molecule has 2 aromatic heterocycles. The van der Waals surface area contributed by atoms with E-state index < -0.39 is 5.60 Å². The summed E-state index contributed by atoms with van der Waals surface area (Å²) in [5, 5.41) is 9.24. The lowest BCUT2D eigenvalue weighted by molar-refractivity contribution is -0.0958. The van der Waals surface area contributed by atoms with Crippen LogP contribution >= 0.6 is 11.3 Å². The van der Waals surface area contributed by atoms with Crippen LogP contribution in [0, 0.1) is 12.8 Å². The summed E-state index contributed by atoms with van der Waals surface area (Å²) in [6.45, 7) is 8.09. The number of rotatable bonds is 2. The van der Waals surface area contributed by atoms with Gasteiger partial charge in [0.25, 0.3) is 5.91 Å². The predicted octanol–water partition coefficient (Wildman–Crippen LogP) is 3.29. The normalized spacial score (nSPS) is 26.5. The molecule has 1 amide bonds. The molecule has 2 atom stereocenters. The Balaban J connectivity index is 1.58. The van der Waals surface area contributed by atoms with Crippen molar-refractivity contribution < 1.29 is 9.53 Å². The third kappa shape index (κ3) is 2.91. The van der Waals surface area contributed by atoms with Crippen molar-refractivity contribution in [1.82, 2.24) is 15.1 Å². The predicted molar refractivity (Wildman–Crippen MR) is 98.0 cm³/mol. The standard InChI is InChI=1S/C19H25N3O2S/c1-12-4-5-14-15(10-25-16(14)8-12)18(23)22-6-7-24-19(3,11-22)17-13(2)9-20-21-17/h9-10,12H,4-8,11H2,1-3H3,(H,20,21). The number of aryl methyl sites for hydroxylation is 1. The molecule has 6 heteroatoms. The Bertz CT molecular complexity index is 796. The number of carbonyl (C=O) groups is 1. The van der Waals surface area contributed by atoms with Gasteiger partial charge >= 0.3 is 0 Å². The Labute approximate surface area is 152 Å². The quantitative estimate of drug-likeness (QED) is 0.895. The topological polar surface area (TPSA) is 58.2 Å². The number of nitrogens with one attached hydrogen (secondary N) is 1. The minimum Gasteiger partial charge on any atom is -0.365 e. The molecule has 0 bridgehead atoms. The fourth-order valence-electron chi connectivity index (χ4n) is 4.10. The Morgan fingerprint density at radius 3 is 3.12 bits per heavy atom. The summed E-state index contributed by atoms with van der Waals surface area (Å²) in [7, 11) is 0. The van der Waals surface area contributed by atoms with Crippen molar-refractivity contribution in [2.24, 2.45) is 5.92 Å². The number of carbonyl (C=O) groups excluding carboxylic acids is 1. The van der Waals surface area contributed by atoms with Gasteiger partial charge in [-0.3, -0.25) is 9.89 Å². The Morgan fingerprint density at radius 1 is 1.52 bits per heavy atom. The van der Waals surface area contributed by atoms with Crippen molar-refractivity contribution in [1.29, 1.82) is 0 Å². The molecule has 0 spiro atoms. The first kappa shape index (κ1) is 16.8. The van der Waals surface area contributed by atoms with Gasteiger partial charge in [0.2, 0.25) is 0 Å². The van der Waals surface area contributed by atoms with E-state index in [-0.39, 0.29) is 5.91 Å². The fraction of sp³-hybridized carbons (Fsp3) is 0.579. The van der Waals surface area contributed by atoms with Crippen LogP contribution in [0.25, 0.3) is 0 Å². The van der Waals surface area contributed by atoms with E-state index in [4.69, 9.17) is 4.74 Å². The SMILES string of the molecule is Cc1cn[nH]c1C1(C)CN(C(=O)c2csc3c2CCC(C)C3)CCO1. The van der Waals surface area contributed by atoms with Crippen LogP contribution in [0.2, 0.25) is 0 Å². The van der Waals surface area contributed by atoms with E-state index in [9.17, 15) is 4.79 Å². The summed E-state index contributed by atoms with van der Waals surface area (Å²) in [5.41, 5.74) is 3.71. The number of hydrogen-bond donors (Lipinski definition) is 1. The van der Waals surface area contributed by atoms with E-state index in [2.05, 4.69) is 22.5 Å². The zero-order valence-electron chi connectivity index (χ0n) is 15.1. The van der Waals surface area contributed by atoms with Crippen LogP contribution < -0.4 is 0 Å². The van der Waals surface area contributed by atoms with Gasteiger partial charge in [0.15, 0.2) is 0 Å². The second-order valence-electron chi connectivity index (χ2n) is 7.63. The lowest BCUT2D eigenvalue weighted by Crippen LogP contribution is -2.51. The molecule has 2 aliphatic rings. The van der Waals surface area contributed by atoms with Gasteiger partial charge in [-0.15, -0.1) is 11.3 Å². The summed E-state index contributed by atoms with van der Waals surface area (Å²) in [4.78, 5) is 16.6. The van der Waals surface area contributed by atoms with E-state index in [0.29, 0.717) is 19.7 Å². The van der Waals surface area contributed by atoms with Gasteiger partial charge in [-0.1, -0.05) is 6.92 Å². The Hall–Kier alpha value is -1.66. The molecule has 3 heterocycles. The largest absolute Gasteiger partial charge is 0.365 e. The number of fused-ring (bicyclic) bond motifs is 1. The van der Waals surface area contributed by atoms with Crippen molar-refractivity contribution in [3.63, 3.8) is 0 Å². The number of H-pyrrole nitrogens is 1. The Kier molecular flexibility index (Phi) is 4.20. The van der Waals surface area contributed by atoms with Gasteiger partial charge < -0.3 is 9.64 Å². The van der Waals surface area contributed by atoms with Gasteiger partial charge in [-0.05, 0) is 50.2 Å². The molecule has 5 nitrogen and oxygen atoms in total. The number of thiophene rings is 1. The first-order valence-electron chi connectivity index (χ1n) is 9.01. The molecule has 1 aliphatic heterocycles. The molecular weight excluding hydrogens is 334 g/mol. The molecule has 1 saturated heterocycles. The van der Waals surface area contributed by atoms with Crippen LogP contribution in [-0.2, 0) is 23.2 Å². The minimum absolute atomic E-state index is 0.152. The number of morpholine rings is 1. The fourth-order valence-corrected chi connectivity index (χ4v) is 5.34. The number of hydrogen-bond acceptors (Lipinski definition) is 4. The van der Waals surface area contributed by atoms with Crippen molar-refractivity contribution in [3.8, 4) is 0 Å². The zero-order chi connectivity index (χ0) is 17.6. The molecule has 1 fully saturated rings. The van der Waals surface area contributed by atoms with Crippen molar-refractivity contribution in [2.45, 2.75) is 45.6 Å². The monoisotopic (exact) mass is 359 g/mol. The van der Waals surface area contributed by atoms with Crippen LogP contribution in [0.1, 0.15) is 52.3 Å². The molecule has 4 rings (SSSR count).